The van der Waals surface area contributed by atoms with Gasteiger partial charge in [-0.2, -0.15) is 0 Å². The van der Waals surface area contributed by atoms with Crippen molar-refractivity contribution in [2.45, 2.75) is 50.0 Å². The molecule has 1 heterocycles. The summed E-state index contributed by atoms with van der Waals surface area (Å²) < 4.78 is 32.6. The number of carbonyl (C=O) groups is 1. The van der Waals surface area contributed by atoms with Gasteiger partial charge >= 0.3 is 0 Å². The highest BCUT2D eigenvalue weighted by Gasteiger charge is 2.20. The summed E-state index contributed by atoms with van der Waals surface area (Å²) in [6, 6.07) is 6.18. The molecule has 1 fully saturated rings. The van der Waals surface area contributed by atoms with Crippen molar-refractivity contribution in [2.75, 3.05) is 18.5 Å². The second-order valence-corrected chi connectivity index (χ2v) is 8.29. The molecule has 1 atom stereocenters. The van der Waals surface area contributed by atoms with E-state index in [-0.39, 0.29) is 28.6 Å². The smallest absolute Gasteiger partial charge is 0.240 e. The average Bonchev–Trinajstić information content (AvgIpc) is 3.12. The van der Waals surface area contributed by atoms with Crippen molar-refractivity contribution in [1.29, 1.82) is 0 Å². The largest absolute Gasteiger partial charge is 0.377 e. The normalized spacial score (nSPS) is 17.0. The van der Waals surface area contributed by atoms with Gasteiger partial charge < -0.3 is 15.4 Å². The summed E-state index contributed by atoms with van der Waals surface area (Å²) in [6.07, 6.45) is 3.93. The predicted molar refractivity (Wildman–Crippen MR) is 104 cm³/mol. The van der Waals surface area contributed by atoms with Crippen molar-refractivity contribution in [3.63, 3.8) is 0 Å². The van der Waals surface area contributed by atoms with E-state index < -0.39 is 10.0 Å². The molecule has 1 unspecified atom stereocenters. The SMILES string of the molecule is CCCCC(=O)NC(=S)Nc1ccc(S(=O)(=O)NCC2CCCO2)cc1. The molecule has 0 saturated carbocycles. The maximum absolute atomic E-state index is 12.3. The lowest BCUT2D eigenvalue weighted by Gasteiger charge is -2.12. The van der Waals surface area contributed by atoms with Crippen LogP contribution < -0.4 is 15.4 Å². The van der Waals surface area contributed by atoms with Gasteiger partial charge in [0, 0.05) is 25.3 Å². The number of carbonyl (C=O) groups excluding carboxylic acids is 1. The van der Waals surface area contributed by atoms with Gasteiger partial charge in [0.1, 0.15) is 0 Å². The Labute approximate surface area is 159 Å². The first kappa shape index (κ1) is 20.8. The van der Waals surface area contributed by atoms with Crippen molar-refractivity contribution >= 4 is 38.9 Å². The number of unbranched alkanes of at least 4 members (excludes halogenated alkanes) is 1. The molecule has 1 aromatic carbocycles. The molecule has 0 bridgehead atoms. The molecule has 7 nitrogen and oxygen atoms in total. The summed E-state index contributed by atoms with van der Waals surface area (Å²) in [7, 11) is -3.58. The first-order valence-corrected chi connectivity index (χ1v) is 10.6. The fourth-order valence-electron chi connectivity index (χ4n) is 2.50. The molecule has 144 valence electrons. The molecule has 26 heavy (non-hydrogen) atoms. The number of ether oxygens (including phenoxy) is 1. The third kappa shape index (κ3) is 6.64. The monoisotopic (exact) mass is 399 g/mol. The molecule has 1 amide bonds. The van der Waals surface area contributed by atoms with Crippen LogP contribution in [0.2, 0.25) is 0 Å². The number of hydrogen-bond donors (Lipinski definition) is 3. The highest BCUT2D eigenvalue weighted by Crippen LogP contribution is 2.16. The number of benzene rings is 1. The Morgan fingerprint density at radius 2 is 2.04 bits per heavy atom. The van der Waals surface area contributed by atoms with E-state index in [1.165, 1.54) is 12.1 Å². The topological polar surface area (TPSA) is 96.5 Å². The highest BCUT2D eigenvalue weighted by atomic mass is 32.2. The Bertz CT molecular complexity index is 714. The van der Waals surface area contributed by atoms with Crippen LogP contribution in [0.15, 0.2) is 29.2 Å². The van der Waals surface area contributed by atoms with Crippen molar-refractivity contribution in [3.8, 4) is 0 Å². The second-order valence-electron chi connectivity index (χ2n) is 6.12. The summed E-state index contributed by atoms with van der Waals surface area (Å²) in [6.45, 7) is 2.97. The van der Waals surface area contributed by atoms with E-state index in [9.17, 15) is 13.2 Å². The van der Waals surface area contributed by atoms with Gasteiger partial charge in [0.05, 0.1) is 11.0 Å². The van der Waals surface area contributed by atoms with Gasteiger partial charge in [-0.15, -0.1) is 0 Å². The molecule has 1 saturated heterocycles. The lowest BCUT2D eigenvalue weighted by Crippen LogP contribution is -2.34. The molecule has 1 aliphatic heterocycles. The van der Waals surface area contributed by atoms with E-state index >= 15 is 0 Å². The van der Waals surface area contributed by atoms with Crippen LogP contribution in [0.1, 0.15) is 39.0 Å². The summed E-state index contributed by atoms with van der Waals surface area (Å²) in [4.78, 5) is 11.8. The molecule has 0 spiro atoms. The summed E-state index contributed by atoms with van der Waals surface area (Å²) in [5.41, 5.74) is 0.601. The van der Waals surface area contributed by atoms with Gasteiger partial charge in [-0.05, 0) is 55.7 Å². The van der Waals surface area contributed by atoms with Gasteiger partial charge in [0.15, 0.2) is 5.11 Å². The lowest BCUT2D eigenvalue weighted by atomic mass is 10.2. The minimum Gasteiger partial charge on any atom is -0.377 e. The van der Waals surface area contributed by atoms with Crippen LogP contribution in [-0.2, 0) is 19.6 Å². The van der Waals surface area contributed by atoms with E-state index in [1.54, 1.807) is 12.1 Å². The van der Waals surface area contributed by atoms with Crippen LogP contribution >= 0.6 is 12.2 Å². The number of hydrogen-bond acceptors (Lipinski definition) is 5. The number of thiocarbonyl (C=S) groups is 1. The standard InChI is InChI=1S/C17H25N3O4S2/c1-2-3-6-16(21)20-17(25)19-13-7-9-15(10-8-13)26(22,23)18-12-14-5-4-11-24-14/h7-10,14,18H,2-6,11-12H2,1H3,(H2,19,20,21,25). The Kier molecular flexibility index (Phi) is 7.95. The minimum atomic E-state index is -3.58. The lowest BCUT2D eigenvalue weighted by molar-refractivity contribution is -0.119. The maximum Gasteiger partial charge on any atom is 0.240 e. The van der Waals surface area contributed by atoms with Crippen LogP contribution in [-0.4, -0.2) is 38.7 Å². The van der Waals surface area contributed by atoms with Crippen LogP contribution in [0.5, 0.6) is 0 Å². The van der Waals surface area contributed by atoms with Crippen molar-refractivity contribution < 1.29 is 17.9 Å². The molecule has 1 aliphatic rings. The molecule has 3 N–H and O–H groups in total. The first-order valence-electron chi connectivity index (χ1n) is 8.73. The van der Waals surface area contributed by atoms with Gasteiger partial charge in [-0.3, -0.25) is 4.79 Å². The Morgan fingerprint density at radius 1 is 1.31 bits per heavy atom. The van der Waals surface area contributed by atoms with Gasteiger partial charge in [-0.25, -0.2) is 13.1 Å². The third-order valence-corrected chi connectivity index (χ3v) is 5.60. The van der Waals surface area contributed by atoms with Crippen LogP contribution in [0.4, 0.5) is 5.69 Å². The number of nitrogens with one attached hydrogen (secondary N) is 3. The zero-order valence-corrected chi connectivity index (χ0v) is 16.4. The van der Waals surface area contributed by atoms with Gasteiger partial charge in [0.2, 0.25) is 15.9 Å². The summed E-state index contributed by atoms with van der Waals surface area (Å²) >= 11 is 5.08. The molecule has 0 radical (unpaired) electrons. The zero-order chi connectivity index (χ0) is 19.0. The van der Waals surface area contributed by atoms with Crippen molar-refractivity contribution in [2.24, 2.45) is 0 Å². The number of sulfonamides is 1. The quantitative estimate of drug-likeness (QED) is 0.580. The molecule has 0 aliphatic carbocycles. The summed E-state index contributed by atoms with van der Waals surface area (Å²) in [5.74, 6) is -0.137. The second kappa shape index (κ2) is 9.96. The van der Waals surface area contributed by atoms with Crippen LogP contribution in [0, 0.1) is 0 Å². The highest BCUT2D eigenvalue weighted by molar-refractivity contribution is 7.89. The van der Waals surface area contributed by atoms with E-state index in [0.717, 1.165) is 25.7 Å². The fraction of sp³-hybridized carbons (Fsp3) is 0.529. The van der Waals surface area contributed by atoms with Crippen molar-refractivity contribution in [3.05, 3.63) is 24.3 Å². The summed E-state index contributed by atoms with van der Waals surface area (Å²) in [5, 5.41) is 5.66. The zero-order valence-electron chi connectivity index (χ0n) is 14.8. The maximum atomic E-state index is 12.3. The number of anilines is 1. The van der Waals surface area contributed by atoms with Gasteiger partial charge in [-0.1, -0.05) is 13.3 Å². The molecule has 0 aromatic heterocycles. The Balaban J connectivity index is 1.86. The predicted octanol–water partition coefficient (Wildman–Crippen LogP) is 2.15. The van der Waals surface area contributed by atoms with E-state index in [2.05, 4.69) is 15.4 Å². The molecule has 9 heteroatoms. The van der Waals surface area contributed by atoms with Crippen LogP contribution in [0.25, 0.3) is 0 Å². The molecular weight excluding hydrogens is 374 g/mol. The van der Waals surface area contributed by atoms with Crippen molar-refractivity contribution in [1.82, 2.24) is 10.0 Å². The third-order valence-electron chi connectivity index (χ3n) is 3.96. The van der Waals surface area contributed by atoms with E-state index in [0.29, 0.717) is 18.7 Å². The van der Waals surface area contributed by atoms with Crippen LogP contribution in [0.3, 0.4) is 0 Å². The molecule has 1 aromatic rings. The average molecular weight is 400 g/mol. The van der Waals surface area contributed by atoms with E-state index in [4.69, 9.17) is 17.0 Å². The Morgan fingerprint density at radius 3 is 2.65 bits per heavy atom. The van der Waals surface area contributed by atoms with E-state index in [1.807, 2.05) is 6.92 Å². The minimum absolute atomic E-state index is 0.0561. The first-order chi connectivity index (χ1) is 12.4. The number of rotatable bonds is 8. The fourth-order valence-corrected chi connectivity index (χ4v) is 3.80. The molecule has 2 rings (SSSR count). The molecular formula is C17H25N3O4S2. The number of amides is 1. The Hall–Kier alpha value is -1.55. The van der Waals surface area contributed by atoms with Gasteiger partial charge in [0.25, 0.3) is 0 Å².